The van der Waals surface area contributed by atoms with Crippen LogP contribution in [0.1, 0.15) is 53.2 Å². The van der Waals surface area contributed by atoms with E-state index in [1.54, 1.807) is 37.3 Å². The lowest BCUT2D eigenvalue weighted by Gasteiger charge is -2.23. The molecule has 1 aromatic carbocycles. The molecule has 43 heavy (non-hydrogen) atoms. The van der Waals surface area contributed by atoms with Crippen LogP contribution in [0.4, 0.5) is 11.6 Å². The lowest BCUT2D eigenvalue weighted by molar-refractivity contribution is 0.0966. The SMILES string of the molecule is CN(C)CCS(=O)(=O)n1nccc1Cn1c(=O)c(C(=O)C2CC2)cc2cnc(Nc3ccc(C4CCCNC4)cc3)nc21. The van der Waals surface area contributed by atoms with Gasteiger partial charge in [-0.05, 0) is 82.1 Å². The second-order valence-corrected chi connectivity index (χ2v) is 13.6. The number of rotatable bonds is 11. The van der Waals surface area contributed by atoms with E-state index >= 15 is 0 Å². The summed E-state index contributed by atoms with van der Waals surface area (Å²) < 4.78 is 28.5. The number of pyridine rings is 1. The van der Waals surface area contributed by atoms with Crippen molar-refractivity contribution in [2.24, 2.45) is 5.92 Å². The molecular formula is C30H36N8O4S. The maximum absolute atomic E-state index is 13.8. The number of hydrogen-bond donors (Lipinski definition) is 2. The van der Waals surface area contributed by atoms with Gasteiger partial charge >= 0.3 is 0 Å². The molecule has 1 aliphatic carbocycles. The highest BCUT2D eigenvalue weighted by Gasteiger charge is 2.33. The second-order valence-electron chi connectivity index (χ2n) is 11.6. The van der Waals surface area contributed by atoms with Crippen molar-refractivity contribution in [3.8, 4) is 0 Å². The van der Waals surface area contributed by atoms with Gasteiger partial charge < -0.3 is 15.5 Å². The van der Waals surface area contributed by atoms with E-state index in [2.05, 4.69) is 37.8 Å². The molecule has 6 rings (SSSR count). The van der Waals surface area contributed by atoms with E-state index in [9.17, 15) is 18.0 Å². The Kier molecular flexibility index (Phi) is 8.12. The van der Waals surface area contributed by atoms with E-state index in [1.807, 2.05) is 12.1 Å². The van der Waals surface area contributed by atoms with Gasteiger partial charge in [0.1, 0.15) is 5.65 Å². The first-order valence-electron chi connectivity index (χ1n) is 14.6. The number of Topliss-reactive ketones (excluding diaryl/α,β-unsaturated/α-hetero) is 1. The van der Waals surface area contributed by atoms with E-state index in [1.165, 1.54) is 16.3 Å². The molecular weight excluding hydrogens is 568 g/mol. The Morgan fingerprint density at radius 2 is 1.93 bits per heavy atom. The number of ketones is 1. The number of anilines is 2. The van der Waals surface area contributed by atoms with Gasteiger partial charge in [0.2, 0.25) is 5.95 Å². The van der Waals surface area contributed by atoms with Crippen molar-refractivity contribution in [3.05, 3.63) is 76.0 Å². The van der Waals surface area contributed by atoms with Gasteiger partial charge in [-0.1, -0.05) is 12.1 Å². The van der Waals surface area contributed by atoms with E-state index in [0.29, 0.717) is 23.5 Å². The molecule has 0 spiro atoms. The number of piperidine rings is 1. The molecule has 1 atom stereocenters. The predicted molar refractivity (Wildman–Crippen MR) is 164 cm³/mol. The average Bonchev–Trinajstić information content (AvgIpc) is 3.75. The molecule has 1 aliphatic heterocycles. The van der Waals surface area contributed by atoms with Crippen LogP contribution in [0.15, 0.2) is 53.6 Å². The number of hydrogen-bond acceptors (Lipinski definition) is 10. The van der Waals surface area contributed by atoms with E-state index < -0.39 is 15.6 Å². The molecule has 2 N–H and O–H groups in total. The highest BCUT2D eigenvalue weighted by Crippen LogP contribution is 2.32. The third kappa shape index (κ3) is 6.38. The fourth-order valence-electron chi connectivity index (χ4n) is 5.44. The Bertz CT molecular complexity index is 1800. The zero-order chi connectivity index (χ0) is 30.1. The Balaban J connectivity index is 1.35. The maximum atomic E-state index is 13.8. The standard InChI is InChI=1S/C30H36N8O4S/c1-36(2)14-15-43(41,42)38-25(11-13-33-38)19-37-28-23(16-26(29(37)40)27(39)21-5-6-21)18-32-30(35-28)34-24-9-7-20(8-10-24)22-4-3-12-31-17-22/h7-11,13,16,18,21-22,31H,3-6,12,14-15,17,19H2,1-2H3,(H,32,34,35). The highest BCUT2D eigenvalue weighted by molar-refractivity contribution is 7.89. The molecule has 3 aromatic heterocycles. The van der Waals surface area contributed by atoms with Crippen LogP contribution < -0.4 is 16.2 Å². The summed E-state index contributed by atoms with van der Waals surface area (Å²) in [6.45, 7) is 2.21. The second kappa shape index (κ2) is 12.0. The molecule has 0 bridgehead atoms. The molecule has 2 aliphatic rings. The van der Waals surface area contributed by atoms with Gasteiger partial charge in [0.15, 0.2) is 5.78 Å². The Morgan fingerprint density at radius 1 is 1.14 bits per heavy atom. The summed E-state index contributed by atoms with van der Waals surface area (Å²) in [5.41, 5.74) is 2.20. The Labute approximate surface area is 250 Å². The molecule has 12 nitrogen and oxygen atoms in total. The van der Waals surface area contributed by atoms with Gasteiger partial charge in [0.05, 0.1) is 29.8 Å². The van der Waals surface area contributed by atoms with Crippen molar-refractivity contribution in [1.82, 2.24) is 33.9 Å². The van der Waals surface area contributed by atoms with E-state index in [0.717, 1.165) is 48.5 Å². The highest BCUT2D eigenvalue weighted by atomic mass is 32.2. The number of nitrogens with one attached hydrogen (secondary N) is 2. The van der Waals surface area contributed by atoms with Crippen LogP contribution in [-0.2, 0) is 16.6 Å². The predicted octanol–water partition coefficient (Wildman–Crippen LogP) is 2.58. The van der Waals surface area contributed by atoms with E-state index in [-0.39, 0.29) is 41.2 Å². The largest absolute Gasteiger partial charge is 0.324 e. The molecule has 4 aromatic rings. The van der Waals surface area contributed by atoms with Crippen molar-refractivity contribution in [2.75, 3.05) is 44.8 Å². The van der Waals surface area contributed by atoms with Crippen molar-refractivity contribution < 1.29 is 13.2 Å². The fraction of sp³-hybridized carbons (Fsp3) is 0.433. The Morgan fingerprint density at radius 3 is 2.63 bits per heavy atom. The van der Waals surface area contributed by atoms with Crippen molar-refractivity contribution in [2.45, 2.75) is 38.1 Å². The van der Waals surface area contributed by atoms with Gasteiger partial charge in [0.25, 0.3) is 15.6 Å². The molecule has 226 valence electrons. The minimum Gasteiger partial charge on any atom is -0.324 e. The first-order chi connectivity index (χ1) is 20.7. The van der Waals surface area contributed by atoms with Gasteiger partial charge in [-0.25, -0.2) is 13.4 Å². The summed E-state index contributed by atoms with van der Waals surface area (Å²) >= 11 is 0. The van der Waals surface area contributed by atoms with Crippen LogP contribution in [0.25, 0.3) is 11.0 Å². The summed E-state index contributed by atoms with van der Waals surface area (Å²) in [4.78, 5) is 37.8. The van der Waals surface area contributed by atoms with Gasteiger partial charge in [-0.15, -0.1) is 0 Å². The third-order valence-electron chi connectivity index (χ3n) is 8.04. The molecule has 13 heteroatoms. The van der Waals surface area contributed by atoms with Gasteiger partial charge in [-0.3, -0.25) is 14.2 Å². The molecule has 1 saturated heterocycles. The van der Waals surface area contributed by atoms with Gasteiger partial charge in [-0.2, -0.15) is 14.2 Å². The van der Waals surface area contributed by atoms with Crippen molar-refractivity contribution >= 4 is 38.5 Å². The average molecular weight is 605 g/mol. The van der Waals surface area contributed by atoms with Crippen molar-refractivity contribution in [1.29, 1.82) is 0 Å². The lowest BCUT2D eigenvalue weighted by Crippen LogP contribution is -2.31. The normalized spacial score (nSPS) is 17.4. The molecule has 0 radical (unpaired) electrons. The minimum absolute atomic E-state index is 0.0635. The third-order valence-corrected chi connectivity index (χ3v) is 9.59. The Hall–Kier alpha value is -3.94. The smallest absolute Gasteiger partial charge is 0.263 e. The number of carbonyl (C=O) groups excluding carboxylic acids is 1. The van der Waals surface area contributed by atoms with E-state index in [4.69, 9.17) is 0 Å². The number of fused-ring (bicyclic) bond motifs is 1. The molecule has 1 unspecified atom stereocenters. The van der Waals surface area contributed by atoms with Crippen LogP contribution in [-0.4, -0.2) is 82.3 Å². The molecule has 1 saturated carbocycles. The van der Waals surface area contributed by atoms with Crippen LogP contribution in [0.5, 0.6) is 0 Å². The number of benzene rings is 1. The van der Waals surface area contributed by atoms with Crippen LogP contribution >= 0.6 is 0 Å². The molecule has 2 fully saturated rings. The topological polar surface area (TPSA) is 144 Å². The molecule has 4 heterocycles. The zero-order valence-electron chi connectivity index (χ0n) is 24.4. The van der Waals surface area contributed by atoms with Crippen molar-refractivity contribution in [3.63, 3.8) is 0 Å². The maximum Gasteiger partial charge on any atom is 0.263 e. The number of carbonyl (C=O) groups is 1. The first kappa shape index (κ1) is 29.1. The monoisotopic (exact) mass is 604 g/mol. The van der Waals surface area contributed by atoms with Gasteiger partial charge in [0, 0.05) is 36.3 Å². The first-order valence-corrected chi connectivity index (χ1v) is 16.2. The number of nitrogens with zero attached hydrogens (tertiary/aromatic N) is 6. The van der Waals surface area contributed by atoms with Crippen LogP contribution in [0.2, 0.25) is 0 Å². The minimum atomic E-state index is -3.79. The zero-order valence-corrected chi connectivity index (χ0v) is 25.2. The van der Waals surface area contributed by atoms with Crippen LogP contribution in [0, 0.1) is 5.92 Å². The summed E-state index contributed by atoms with van der Waals surface area (Å²) in [6, 6.07) is 11.3. The van der Waals surface area contributed by atoms with Crippen LogP contribution in [0.3, 0.4) is 0 Å². The fourth-order valence-corrected chi connectivity index (χ4v) is 6.88. The lowest BCUT2D eigenvalue weighted by atomic mass is 9.92. The quantitative estimate of drug-likeness (QED) is 0.245. The number of aromatic nitrogens is 5. The summed E-state index contributed by atoms with van der Waals surface area (Å²) in [6.07, 6.45) is 6.80. The summed E-state index contributed by atoms with van der Waals surface area (Å²) in [5.74, 6) is 0.257. The summed E-state index contributed by atoms with van der Waals surface area (Å²) in [7, 11) is -0.201. The molecule has 0 amide bonds. The summed E-state index contributed by atoms with van der Waals surface area (Å²) in [5, 5.41) is 11.2.